The molecule has 2 aromatic carbocycles. The Morgan fingerprint density at radius 1 is 0.944 bits per heavy atom. The second-order valence-corrected chi connectivity index (χ2v) is 4.66. The minimum Gasteiger partial charge on any atom is -0.314 e. The van der Waals surface area contributed by atoms with Gasteiger partial charge >= 0.3 is 0 Å². The van der Waals surface area contributed by atoms with Gasteiger partial charge in [-0.3, -0.25) is 0 Å². The lowest BCUT2D eigenvalue weighted by Gasteiger charge is -2.08. The second-order valence-electron chi connectivity index (χ2n) is 4.66. The molecule has 0 unspecified atom stereocenters. The minimum absolute atomic E-state index is 0.816. The Morgan fingerprint density at radius 3 is 2.39 bits per heavy atom. The summed E-state index contributed by atoms with van der Waals surface area (Å²) in [5.41, 5.74) is 5.78. The van der Waals surface area contributed by atoms with Crippen LogP contribution in [-0.2, 0) is 0 Å². The van der Waals surface area contributed by atoms with Gasteiger partial charge in [0, 0.05) is 16.8 Å². The average molecular weight is 231 g/mol. The predicted octanol–water partition coefficient (Wildman–Crippen LogP) is 3.04. The maximum Gasteiger partial charge on any atom is 0.113 e. The molecule has 1 aromatic heterocycles. The Kier molecular flexibility index (Phi) is 2.51. The normalized spacial score (nSPS) is 11.0. The van der Waals surface area contributed by atoms with E-state index in [1.807, 2.05) is 12.1 Å². The highest BCUT2D eigenvalue weighted by atomic mass is 15.0. The number of nitrogens with zero attached hydrogens (tertiary/aromatic N) is 1. The molecule has 1 heterocycles. The van der Waals surface area contributed by atoms with E-state index in [0.717, 1.165) is 5.46 Å². The maximum atomic E-state index is 5.88. The third kappa shape index (κ3) is 1.57. The van der Waals surface area contributed by atoms with Crippen molar-refractivity contribution in [3.8, 4) is 5.69 Å². The number of para-hydroxylation sites is 1. The lowest BCUT2D eigenvalue weighted by molar-refractivity contribution is 1.04. The van der Waals surface area contributed by atoms with Crippen LogP contribution in [0.25, 0.3) is 16.6 Å². The summed E-state index contributed by atoms with van der Waals surface area (Å²) in [6.45, 7) is 4.30. The van der Waals surface area contributed by atoms with Gasteiger partial charge in [-0.2, -0.15) is 0 Å². The second kappa shape index (κ2) is 4.06. The van der Waals surface area contributed by atoms with Crippen molar-refractivity contribution in [2.45, 2.75) is 13.8 Å². The van der Waals surface area contributed by atoms with Gasteiger partial charge in [0.25, 0.3) is 0 Å². The number of benzene rings is 2. The number of aromatic nitrogens is 1. The van der Waals surface area contributed by atoms with Gasteiger partial charge in [-0.1, -0.05) is 35.8 Å². The first-order chi connectivity index (χ1) is 8.68. The fourth-order valence-electron chi connectivity index (χ4n) is 2.50. The van der Waals surface area contributed by atoms with Gasteiger partial charge < -0.3 is 4.57 Å². The molecule has 2 heteroatoms. The molecule has 86 valence electrons. The molecule has 0 aliphatic rings. The van der Waals surface area contributed by atoms with E-state index in [1.165, 1.54) is 27.8 Å². The highest BCUT2D eigenvalue weighted by Gasteiger charge is 2.11. The highest BCUT2D eigenvalue weighted by molar-refractivity contribution is 6.33. The Bertz CT molecular complexity index is 711. The van der Waals surface area contributed by atoms with Gasteiger partial charge in [0.15, 0.2) is 0 Å². The molecular weight excluding hydrogens is 217 g/mol. The molecule has 0 spiro atoms. The fraction of sp³-hybridized carbons (Fsp3) is 0.125. The molecule has 3 aromatic rings. The van der Waals surface area contributed by atoms with E-state index in [4.69, 9.17) is 7.85 Å². The maximum absolute atomic E-state index is 5.88. The number of hydrogen-bond acceptors (Lipinski definition) is 0. The predicted molar refractivity (Wildman–Crippen MR) is 78.1 cm³/mol. The zero-order chi connectivity index (χ0) is 12.7. The number of rotatable bonds is 1. The first kappa shape index (κ1) is 11.2. The molecule has 0 saturated heterocycles. The van der Waals surface area contributed by atoms with Crippen LogP contribution in [0.1, 0.15) is 11.3 Å². The molecule has 3 rings (SSSR count). The number of hydrogen-bond donors (Lipinski definition) is 0. The summed E-state index contributed by atoms with van der Waals surface area (Å²) in [5.74, 6) is 0. The van der Waals surface area contributed by atoms with Crippen molar-refractivity contribution in [2.75, 3.05) is 0 Å². The van der Waals surface area contributed by atoms with Gasteiger partial charge in [-0.15, -0.1) is 0 Å². The summed E-state index contributed by atoms with van der Waals surface area (Å²) in [5, 5.41) is 1.23. The smallest absolute Gasteiger partial charge is 0.113 e. The van der Waals surface area contributed by atoms with E-state index < -0.39 is 0 Å². The average Bonchev–Trinajstić information content (AvgIpc) is 2.64. The van der Waals surface area contributed by atoms with Crippen molar-refractivity contribution in [3.05, 3.63) is 59.8 Å². The zero-order valence-corrected chi connectivity index (χ0v) is 10.6. The van der Waals surface area contributed by atoms with Crippen molar-refractivity contribution in [1.29, 1.82) is 0 Å². The largest absolute Gasteiger partial charge is 0.314 e. The van der Waals surface area contributed by atoms with Gasteiger partial charge in [-0.25, -0.2) is 0 Å². The first-order valence-corrected chi connectivity index (χ1v) is 6.11. The standard InChI is InChI=1S/C16H14BN/c1-11-12(2)18(14-6-4-3-5-7-14)16-9-8-13(17)10-15(11)16/h3-10H,1-2H3. The molecule has 0 aliphatic carbocycles. The summed E-state index contributed by atoms with van der Waals surface area (Å²) in [4.78, 5) is 0. The third-order valence-corrected chi connectivity index (χ3v) is 3.56. The number of fused-ring (bicyclic) bond motifs is 1. The lowest BCUT2D eigenvalue weighted by Crippen LogP contribution is -2.00. The fourth-order valence-corrected chi connectivity index (χ4v) is 2.50. The van der Waals surface area contributed by atoms with Crippen molar-refractivity contribution >= 4 is 24.2 Å². The monoisotopic (exact) mass is 231 g/mol. The van der Waals surface area contributed by atoms with E-state index in [-0.39, 0.29) is 0 Å². The lowest BCUT2D eigenvalue weighted by atomic mass is 9.94. The van der Waals surface area contributed by atoms with Crippen LogP contribution in [0.15, 0.2) is 48.5 Å². The summed E-state index contributed by atoms with van der Waals surface area (Å²) < 4.78 is 2.28. The SMILES string of the molecule is [B]c1ccc2c(c1)c(C)c(C)n2-c1ccccc1. The molecule has 0 N–H and O–H groups in total. The van der Waals surface area contributed by atoms with Crippen LogP contribution in [0.2, 0.25) is 0 Å². The Morgan fingerprint density at radius 2 is 1.67 bits per heavy atom. The molecule has 2 radical (unpaired) electrons. The molecule has 1 nitrogen and oxygen atoms in total. The zero-order valence-electron chi connectivity index (χ0n) is 10.6. The Hall–Kier alpha value is -1.96. The Balaban J connectivity index is 2.40. The molecule has 0 fully saturated rings. The summed E-state index contributed by atoms with van der Waals surface area (Å²) in [6.07, 6.45) is 0. The van der Waals surface area contributed by atoms with Gasteiger partial charge in [0.1, 0.15) is 7.85 Å². The summed E-state index contributed by atoms with van der Waals surface area (Å²) >= 11 is 0. The van der Waals surface area contributed by atoms with Crippen LogP contribution < -0.4 is 5.46 Å². The van der Waals surface area contributed by atoms with Crippen LogP contribution in [-0.4, -0.2) is 12.4 Å². The van der Waals surface area contributed by atoms with E-state index in [1.54, 1.807) is 0 Å². The Labute approximate surface area is 108 Å². The van der Waals surface area contributed by atoms with Crippen molar-refractivity contribution in [2.24, 2.45) is 0 Å². The van der Waals surface area contributed by atoms with Crippen molar-refractivity contribution in [3.63, 3.8) is 0 Å². The van der Waals surface area contributed by atoms with Crippen LogP contribution in [0.5, 0.6) is 0 Å². The molecule has 0 saturated carbocycles. The van der Waals surface area contributed by atoms with Crippen molar-refractivity contribution in [1.82, 2.24) is 4.57 Å². The first-order valence-electron chi connectivity index (χ1n) is 6.11. The van der Waals surface area contributed by atoms with E-state index in [2.05, 4.69) is 54.8 Å². The number of aryl methyl sites for hydroxylation is 1. The molecule has 0 aliphatic heterocycles. The molecule has 0 amide bonds. The molecule has 0 bridgehead atoms. The quantitative estimate of drug-likeness (QED) is 0.567. The summed E-state index contributed by atoms with van der Waals surface area (Å²) in [6, 6.07) is 16.5. The van der Waals surface area contributed by atoms with Crippen LogP contribution in [0, 0.1) is 13.8 Å². The topological polar surface area (TPSA) is 4.93 Å². The van der Waals surface area contributed by atoms with Gasteiger partial charge in [0.05, 0.1) is 5.52 Å². The van der Waals surface area contributed by atoms with E-state index >= 15 is 0 Å². The molecular formula is C16H14BN. The van der Waals surface area contributed by atoms with Crippen LogP contribution >= 0.6 is 0 Å². The van der Waals surface area contributed by atoms with Crippen LogP contribution in [0.4, 0.5) is 0 Å². The molecule has 18 heavy (non-hydrogen) atoms. The van der Waals surface area contributed by atoms with Crippen LogP contribution in [0.3, 0.4) is 0 Å². The summed E-state index contributed by atoms with van der Waals surface area (Å²) in [7, 11) is 5.88. The third-order valence-electron chi connectivity index (χ3n) is 3.56. The van der Waals surface area contributed by atoms with Gasteiger partial charge in [-0.05, 0) is 37.6 Å². The van der Waals surface area contributed by atoms with E-state index in [0.29, 0.717) is 0 Å². The highest BCUT2D eigenvalue weighted by Crippen LogP contribution is 2.27. The van der Waals surface area contributed by atoms with E-state index in [9.17, 15) is 0 Å². The van der Waals surface area contributed by atoms with Crippen molar-refractivity contribution < 1.29 is 0 Å². The minimum atomic E-state index is 0.816. The molecule has 0 atom stereocenters. The van der Waals surface area contributed by atoms with Gasteiger partial charge in [0.2, 0.25) is 0 Å².